The molecule has 0 radical (unpaired) electrons. The van der Waals surface area contributed by atoms with Crippen molar-refractivity contribution in [2.75, 3.05) is 6.61 Å². The van der Waals surface area contributed by atoms with E-state index in [1.165, 1.54) is 11.6 Å². The van der Waals surface area contributed by atoms with E-state index in [0.29, 0.717) is 0 Å². The van der Waals surface area contributed by atoms with Crippen molar-refractivity contribution in [3.63, 3.8) is 0 Å². The summed E-state index contributed by atoms with van der Waals surface area (Å²) in [6.07, 6.45) is 4.11. The maximum absolute atomic E-state index is 10.8. The molecule has 0 amide bonds. The Morgan fingerprint density at radius 3 is 2.50 bits per heavy atom. The largest absolute Gasteiger partial charge is 0.388 e. The van der Waals surface area contributed by atoms with E-state index >= 15 is 0 Å². The Bertz CT molecular complexity index is 323. The summed E-state index contributed by atoms with van der Waals surface area (Å²) in [5, 5.41) is 8.49. The van der Waals surface area contributed by atoms with E-state index < -0.39 is 6.61 Å². The molecule has 1 aromatic carbocycles. The molecule has 0 saturated heterocycles. The van der Waals surface area contributed by atoms with Crippen LogP contribution in [0.5, 0.6) is 0 Å². The zero-order valence-corrected chi connectivity index (χ0v) is 8.23. The maximum atomic E-state index is 10.8. The monoisotopic (exact) mass is 190 g/mol. The Morgan fingerprint density at radius 2 is 2.00 bits per heavy atom. The molecule has 74 valence electrons. The van der Waals surface area contributed by atoms with Crippen LogP contribution >= 0.6 is 0 Å². The molecule has 0 unspecified atom stereocenters. The molecule has 1 N–H and O–H groups in total. The smallest absolute Gasteiger partial charge is 0.181 e. The summed E-state index contributed by atoms with van der Waals surface area (Å²) >= 11 is 0. The number of ketones is 1. The Kier molecular flexibility index (Phi) is 4.08. The van der Waals surface area contributed by atoms with E-state index in [4.69, 9.17) is 5.11 Å². The highest BCUT2D eigenvalue weighted by atomic mass is 16.3. The van der Waals surface area contributed by atoms with E-state index in [1.54, 1.807) is 6.08 Å². The number of carbonyl (C=O) groups is 1. The van der Waals surface area contributed by atoms with Crippen LogP contribution in [-0.4, -0.2) is 17.5 Å². The third-order valence-corrected chi connectivity index (χ3v) is 2.01. The minimum Gasteiger partial charge on any atom is -0.388 e. The van der Waals surface area contributed by atoms with Crippen molar-refractivity contribution in [1.82, 2.24) is 0 Å². The van der Waals surface area contributed by atoms with Gasteiger partial charge in [0, 0.05) is 0 Å². The summed E-state index contributed by atoms with van der Waals surface area (Å²) in [7, 11) is 0. The highest BCUT2D eigenvalue weighted by Crippen LogP contribution is 2.06. The first kappa shape index (κ1) is 10.7. The second kappa shape index (κ2) is 5.35. The molecule has 1 aromatic rings. The van der Waals surface area contributed by atoms with Gasteiger partial charge in [0.05, 0.1) is 0 Å². The molecular weight excluding hydrogens is 176 g/mol. The summed E-state index contributed by atoms with van der Waals surface area (Å²) in [5.41, 5.74) is 2.25. The molecule has 0 aliphatic heterocycles. The van der Waals surface area contributed by atoms with Gasteiger partial charge in [-0.2, -0.15) is 0 Å². The van der Waals surface area contributed by atoms with Gasteiger partial charge in [-0.15, -0.1) is 0 Å². The van der Waals surface area contributed by atoms with Crippen LogP contribution in [-0.2, 0) is 11.2 Å². The van der Waals surface area contributed by atoms with Gasteiger partial charge >= 0.3 is 0 Å². The van der Waals surface area contributed by atoms with Crippen LogP contribution in [0.1, 0.15) is 18.1 Å². The lowest BCUT2D eigenvalue weighted by molar-refractivity contribution is -0.117. The van der Waals surface area contributed by atoms with Gasteiger partial charge < -0.3 is 5.11 Å². The first-order valence-corrected chi connectivity index (χ1v) is 4.67. The number of rotatable bonds is 4. The lowest BCUT2D eigenvalue weighted by atomic mass is 10.1. The molecule has 0 saturated carbocycles. The number of aliphatic hydroxyl groups excluding tert-OH is 1. The van der Waals surface area contributed by atoms with E-state index in [1.807, 2.05) is 24.3 Å². The fraction of sp³-hybridized carbons (Fsp3) is 0.250. The average molecular weight is 190 g/mol. The summed E-state index contributed by atoms with van der Waals surface area (Å²) in [6.45, 7) is 1.67. The third-order valence-electron chi connectivity index (χ3n) is 2.01. The fourth-order valence-corrected chi connectivity index (χ4v) is 1.11. The molecule has 2 heteroatoms. The molecule has 0 heterocycles. The van der Waals surface area contributed by atoms with Gasteiger partial charge in [0.1, 0.15) is 6.61 Å². The maximum Gasteiger partial charge on any atom is 0.181 e. The van der Waals surface area contributed by atoms with Crippen molar-refractivity contribution in [2.45, 2.75) is 13.3 Å². The van der Waals surface area contributed by atoms with Crippen LogP contribution in [0.25, 0.3) is 6.08 Å². The van der Waals surface area contributed by atoms with Gasteiger partial charge in [0.25, 0.3) is 0 Å². The van der Waals surface area contributed by atoms with Crippen LogP contribution in [0.3, 0.4) is 0 Å². The van der Waals surface area contributed by atoms with E-state index in [-0.39, 0.29) is 5.78 Å². The Labute approximate surface area is 83.9 Å². The van der Waals surface area contributed by atoms with Crippen molar-refractivity contribution >= 4 is 11.9 Å². The minimum absolute atomic E-state index is 0.274. The Hall–Kier alpha value is -1.41. The second-order valence-electron chi connectivity index (χ2n) is 3.05. The molecule has 0 aliphatic carbocycles. The highest BCUT2D eigenvalue weighted by molar-refractivity contribution is 5.94. The summed E-state index contributed by atoms with van der Waals surface area (Å²) in [5.74, 6) is -0.274. The van der Waals surface area contributed by atoms with Crippen molar-refractivity contribution in [3.05, 3.63) is 41.5 Å². The summed E-state index contributed by atoms with van der Waals surface area (Å²) in [4.78, 5) is 10.8. The SMILES string of the molecule is CCc1ccc(/C=C/C(=O)CO)cc1. The van der Waals surface area contributed by atoms with Gasteiger partial charge in [-0.1, -0.05) is 37.3 Å². The lowest BCUT2D eigenvalue weighted by Crippen LogP contribution is -1.97. The van der Waals surface area contributed by atoms with Gasteiger partial charge in [-0.25, -0.2) is 0 Å². The van der Waals surface area contributed by atoms with Crippen LogP contribution in [0.4, 0.5) is 0 Å². The highest BCUT2D eigenvalue weighted by Gasteiger charge is 1.92. The molecule has 0 spiro atoms. The number of carbonyl (C=O) groups excluding carboxylic acids is 1. The molecule has 0 atom stereocenters. The van der Waals surface area contributed by atoms with Crippen LogP contribution in [0, 0.1) is 0 Å². The first-order valence-electron chi connectivity index (χ1n) is 4.67. The molecule has 0 fully saturated rings. The second-order valence-corrected chi connectivity index (χ2v) is 3.05. The topological polar surface area (TPSA) is 37.3 Å². The number of aryl methyl sites for hydroxylation is 1. The summed E-state index contributed by atoms with van der Waals surface area (Å²) < 4.78 is 0. The van der Waals surface area contributed by atoms with Gasteiger partial charge in [0.15, 0.2) is 5.78 Å². The molecule has 0 aliphatic rings. The van der Waals surface area contributed by atoms with Crippen molar-refractivity contribution in [3.8, 4) is 0 Å². The number of aliphatic hydroxyl groups is 1. The number of benzene rings is 1. The van der Waals surface area contributed by atoms with Crippen molar-refractivity contribution in [1.29, 1.82) is 0 Å². The zero-order valence-electron chi connectivity index (χ0n) is 8.23. The van der Waals surface area contributed by atoms with Crippen molar-refractivity contribution in [2.24, 2.45) is 0 Å². The van der Waals surface area contributed by atoms with Crippen molar-refractivity contribution < 1.29 is 9.90 Å². The van der Waals surface area contributed by atoms with E-state index in [2.05, 4.69) is 6.92 Å². The Balaban J connectivity index is 2.68. The molecule has 0 aromatic heterocycles. The average Bonchev–Trinajstić information content (AvgIpc) is 2.26. The van der Waals surface area contributed by atoms with Gasteiger partial charge in [-0.3, -0.25) is 4.79 Å². The molecule has 14 heavy (non-hydrogen) atoms. The normalized spacial score (nSPS) is 10.7. The predicted molar refractivity (Wildman–Crippen MR) is 56.9 cm³/mol. The zero-order chi connectivity index (χ0) is 10.4. The summed E-state index contributed by atoms with van der Waals surface area (Å²) in [6, 6.07) is 7.98. The van der Waals surface area contributed by atoms with Crippen LogP contribution in [0.2, 0.25) is 0 Å². The predicted octanol–water partition coefficient (Wildman–Crippen LogP) is 1.82. The minimum atomic E-state index is -0.427. The fourth-order valence-electron chi connectivity index (χ4n) is 1.11. The quantitative estimate of drug-likeness (QED) is 0.735. The lowest BCUT2D eigenvalue weighted by Gasteiger charge is -1.96. The standard InChI is InChI=1S/C12H14O2/c1-2-10-3-5-11(6-4-10)7-8-12(14)9-13/h3-8,13H,2,9H2,1H3/b8-7+. The third kappa shape index (κ3) is 3.15. The van der Waals surface area contributed by atoms with Crippen LogP contribution in [0.15, 0.2) is 30.3 Å². The van der Waals surface area contributed by atoms with Gasteiger partial charge in [0.2, 0.25) is 0 Å². The van der Waals surface area contributed by atoms with E-state index in [0.717, 1.165) is 12.0 Å². The number of hydrogen-bond acceptors (Lipinski definition) is 2. The molecule has 2 nitrogen and oxygen atoms in total. The molecule has 1 rings (SSSR count). The Morgan fingerprint density at radius 1 is 1.36 bits per heavy atom. The van der Waals surface area contributed by atoms with E-state index in [9.17, 15) is 4.79 Å². The van der Waals surface area contributed by atoms with Crippen LogP contribution < -0.4 is 0 Å². The molecule has 0 bridgehead atoms. The van der Waals surface area contributed by atoms with Gasteiger partial charge in [-0.05, 0) is 23.6 Å². The first-order chi connectivity index (χ1) is 6.76. The number of hydrogen-bond donors (Lipinski definition) is 1. The molecular formula is C12H14O2.